The van der Waals surface area contributed by atoms with Crippen LogP contribution in [0.1, 0.15) is 29.2 Å². The molecule has 0 fully saturated rings. The van der Waals surface area contributed by atoms with Crippen molar-refractivity contribution in [3.63, 3.8) is 0 Å². The average molecular weight is 346 g/mol. The molecule has 0 spiro atoms. The second-order valence-corrected chi connectivity index (χ2v) is 7.79. The number of hydrogen-bond acceptors (Lipinski definition) is 5. The van der Waals surface area contributed by atoms with Gasteiger partial charge in [0.2, 0.25) is 10.0 Å². The number of thiazole rings is 1. The first-order valence-electron chi connectivity index (χ1n) is 6.20. The summed E-state index contributed by atoms with van der Waals surface area (Å²) in [5.41, 5.74) is 7.35. The predicted molar refractivity (Wildman–Crippen MR) is 86.2 cm³/mol. The van der Waals surface area contributed by atoms with Gasteiger partial charge in [-0.3, -0.25) is 0 Å². The summed E-state index contributed by atoms with van der Waals surface area (Å²) in [4.78, 5) is 4.42. The maximum absolute atomic E-state index is 12.5. The van der Waals surface area contributed by atoms with Crippen molar-refractivity contribution >= 4 is 38.6 Å². The summed E-state index contributed by atoms with van der Waals surface area (Å²) in [6.07, 6.45) is 0. The predicted octanol–water partition coefficient (Wildman–Crippen LogP) is 3.04. The van der Waals surface area contributed by atoms with E-state index in [1.165, 1.54) is 17.4 Å². The Balaban J connectivity index is 2.32. The lowest BCUT2D eigenvalue weighted by Gasteiger charge is -2.14. The third-order valence-corrected chi connectivity index (χ3v) is 6.08. The van der Waals surface area contributed by atoms with E-state index in [0.717, 1.165) is 10.7 Å². The molecular weight excluding hydrogens is 330 g/mol. The van der Waals surface area contributed by atoms with Crippen LogP contribution in [0.15, 0.2) is 22.4 Å². The number of aromatic nitrogens is 1. The highest BCUT2D eigenvalue weighted by atomic mass is 35.5. The summed E-state index contributed by atoms with van der Waals surface area (Å²) in [5.74, 6) is 0. The fraction of sp³-hybridized carbons (Fsp3) is 0.308. The number of halogens is 1. The van der Waals surface area contributed by atoms with Crippen LogP contribution in [0.25, 0.3) is 0 Å². The highest BCUT2D eigenvalue weighted by Gasteiger charge is 2.22. The first-order chi connectivity index (χ1) is 9.70. The Labute approximate surface area is 133 Å². The van der Waals surface area contributed by atoms with E-state index in [1.807, 2.05) is 12.3 Å². The smallest absolute Gasteiger partial charge is 0.241 e. The number of nitrogens with one attached hydrogen (secondary N) is 1. The summed E-state index contributed by atoms with van der Waals surface area (Å²) < 4.78 is 27.6. The van der Waals surface area contributed by atoms with Crippen LogP contribution in [-0.4, -0.2) is 13.4 Å². The molecule has 8 heteroatoms. The SMILES string of the molecule is Cc1csc(C(C)NS(=O)(=O)c2cc(N)c(Cl)cc2C)n1. The van der Waals surface area contributed by atoms with Gasteiger partial charge in [0.15, 0.2) is 0 Å². The normalized spacial score (nSPS) is 13.3. The standard InChI is InChI=1S/C13H16ClN3O2S2/c1-7-4-10(14)11(15)5-12(7)21(18,19)17-9(3)13-16-8(2)6-20-13/h4-6,9,17H,15H2,1-3H3. The summed E-state index contributed by atoms with van der Waals surface area (Å²) in [5, 5.41) is 2.94. The minimum absolute atomic E-state index is 0.129. The van der Waals surface area contributed by atoms with Crippen molar-refractivity contribution in [3.05, 3.63) is 38.8 Å². The molecule has 0 radical (unpaired) electrons. The fourth-order valence-electron chi connectivity index (χ4n) is 1.88. The van der Waals surface area contributed by atoms with E-state index in [-0.39, 0.29) is 10.6 Å². The van der Waals surface area contributed by atoms with Gasteiger partial charge in [0, 0.05) is 11.1 Å². The number of rotatable bonds is 4. The Morgan fingerprint density at radius 3 is 2.62 bits per heavy atom. The van der Waals surface area contributed by atoms with Crippen molar-refractivity contribution in [3.8, 4) is 0 Å². The van der Waals surface area contributed by atoms with Gasteiger partial charge in [-0.1, -0.05) is 11.6 Å². The monoisotopic (exact) mass is 345 g/mol. The molecule has 3 N–H and O–H groups in total. The van der Waals surface area contributed by atoms with Crippen molar-refractivity contribution in [1.82, 2.24) is 9.71 Å². The molecule has 21 heavy (non-hydrogen) atoms. The number of nitrogens with two attached hydrogens (primary N) is 1. The Morgan fingerprint density at radius 2 is 2.05 bits per heavy atom. The van der Waals surface area contributed by atoms with Crippen LogP contribution in [0.2, 0.25) is 5.02 Å². The van der Waals surface area contributed by atoms with Gasteiger partial charge >= 0.3 is 0 Å². The molecule has 0 aliphatic heterocycles. The minimum Gasteiger partial charge on any atom is -0.397 e. The first-order valence-corrected chi connectivity index (χ1v) is 8.95. The first kappa shape index (κ1) is 16.2. The molecule has 0 saturated carbocycles. The summed E-state index contributed by atoms with van der Waals surface area (Å²) in [6.45, 7) is 5.30. The highest BCUT2D eigenvalue weighted by Crippen LogP contribution is 2.27. The van der Waals surface area contributed by atoms with Gasteiger partial charge in [-0.05, 0) is 38.5 Å². The molecule has 0 saturated heterocycles. The summed E-state index contributed by atoms with van der Waals surface area (Å²) in [7, 11) is -3.69. The number of nitrogen functional groups attached to an aromatic ring is 1. The van der Waals surface area contributed by atoms with Gasteiger partial charge in [0.1, 0.15) is 5.01 Å². The molecule has 1 atom stereocenters. The molecule has 2 rings (SSSR count). The zero-order valence-electron chi connectivity index (χ0n) is 11.8. The van der Waals surface area contributed by atoms with Crippen molar-refractivity contribution in [2.24, 2.45) is 0 Å². The lowest BCUT2D eigenvalue weighted by atomic mass is 10.2. The quantitative estimate of drug-likeness (QED) is 0.834. The molecule has 0 bridgehead atoms. The molecule has 1 aromatic heterocycles. The number of anilines is 1. The van der Waals surface area contributed by atoms with E-state index in [4.69, 9.17) is 17.3 Å². The number of nitrogens with zero attached hydrogens (tertiary/aromatic N) is 1. The molecule has 1 unspecified atom stereocenters. The van der Waals surface area contributed by atoms with Crippen LogP contribution in [0.3, 0.4) is 0 Å². The molecular formula is C13H16ClN3O2S2. The molecule has 114 valence electrons. The van der Waals surface area contributed by atoms with Gasteiger partial charge in [-0.15, -0.1) is 11.3 Å². The van der Waals surface area contributed by atoms with E-state index in [2.05, 4.69) is 9.71 Å². The molecule has 0 aliphatic carbocycles. The van der Waals surface area contributed by atoms with Crippen molar-refractivity contribution < 1.29 is 8.42 Å². The fourth-order valence-corrected chi connectivity index (χ4v) is 4.44. The van der Waals surface area contributed by atoms with Crippen molar-refractivity contribution in [1.29, 1.82) is 0 Å². The van der Waals surface area contributed by atoms with Crippen molar-refractivity contribution in [2.75, 3.05) is 5.73 Å². The van der Waals surface area contributed by atoms with E-state index in [0.29, 0.717) is 10.6 Å². The average Bonchev–Trinajstić information content (AvgIpc) is 2.80. The van der Waals surface area contributed by atoms with Gasteiger partial charge < -0.3 is 5.73 Å². The molecule has 0 amide bonds. The van der Waals surface area contributed by atoms with Gasteiger partial charge in [0.05, 0.1) is 21.6 Å². The zero-order chi connectivity index (χ0) is 15.8. The maximum Gasteiger partial charge on any atom is 0.241 e. The molecule has 2 aromatic rings. The van der Waals surface area contributed by atoms with Crippen LogP contribution in [0.5, 0.6) is 0 Å². The van der Waals surface area contributed by atoms with Crippen LogP contribution in [0.4, 0.5) is 5.69 Å². The van der Waals surface area contributed by atoms with E-state index in [1.54, 1.807) is 19.9 Å². The minimum atomic E-state index is -3.69. The molecule has 1 aromatic carbocycles. The zero-order valence-corrected chi connectivity index (χ0v) is 14.2. The second kappa shape index (κ2) is 5.92. The van der Waals surface area contributed by atoms with Crippen molar-refractivity contribution in [2.45, 2.75) is 31.7 Å². The van der Waals surface area contributed by atoms with Gasteiger partial charge in [0.25, 0.3) is 0 Å². The molecule has 5 nitrogen and oxygen atoms in total. The maximum atomic E-state index is 12.5. The van der Waals surface area contributed by atoms with Crippen LogP contribution in [0, 0.1) is 13.8 Å². The summed E-state index contributed by atoms with van der Waals surface area (Å²) >= 11 is 7.31. The number of aryl methyl sites for hydroxylation is 2. The molecule has 1 heterocycles. The molecule has 0 aliphatic rings. The van der Waals surface area contributed by atoms with Crippen LogP contribution in [-0.2, 0) is 10.0 Å². The topological polar surface area (TPSA) is 85.1 Å². The Hall–Kier alpha value is -1.15. The number of sulfonamides is 1. The largest absolute Gasteiger partial charge is 0.397 e. The second-order valence-electron chi connectivity index (χ2n) is 4.81. The van der Waals surface area contributed by atoms with Gasteiger partial charge in [-0.25, -0.2) is 18.1 Å². The summed E-state index contributed by atoms with van der Waals surface area (Å²) in [6, 6.07) is 2.51. The van der Waals surface area contributed by atoms with Crippen LogP contribution < -0.4 is 10.5 Å². The number of benzene rings is 1. The third-order valence-electron chi connectivity index (χ3n) is 2.92. The highest BCUT2D eigenvalue weighted by molar-refractivity contribution is 7.89. The Bertz CT molecular complexity index is 772. The van der Waals surface area contributed by atoms with Gasteiger partial charge in [-0.2, -0.15) is 0 Å². The van der Waals surface area contributed by atoms with E-state index in [9.17, 15) is 8.42 Å². The van der Waals surface area contributed by atoms with E-state index >= 15 is 0 Å². The third kappa shape index (κ3) is 3.55. The van der Waals surface area contributed by atoms with Crippen LogP contribution >= 0.6 is 22.9 Å². The van der Waals surface area contributed by atoms with E-state index < -0.39 is 16.1 Å². The Kier molecular flexibility index (Phi) is 4.57. The number of hydrogen-bond donors (Lipinski definition) is 2. The lowest BCUT2D eigenvalue weighted by Crippen LogP contribution is -2.27. The lowest BCUT2D eigenvalue weighted by molar-refractivity contribution is 0.565. The Morgan fingerprint density at radius 1 is 1.38 bits per heavy atom.